The zero-order valence-electron chi connectivity index (χ0n) is 13.8. The number of H-pyrrole nitrogens is 1. The number of nitrogens with one attached hydrogen (secondary N) is 1. The van der Waals surface area contributed by atoms with Gasteiger partial charge in [0.25, 0.3) is 0 Å². The number of hydrogen-bond acceptors (Lipinski definition) is 2. The Hall–Kier alpha value is -2.53. The Morgan fingerprint density at radius 3 is 2.40 bits per heavy atom. The third kappa shape index (κ3) is 2.85. The summed E-state index contributed by atoms with van der Waals surface area (Å²) in [7, 11) is 0. The van der Waals surface area contributed by atoms with Crippen LogP contribution in [0.5, 0.6) is 0 Å². The van der Waals surface area contributed by atoms with Crippen molar-refractivity contribution in [1.82, 2.24) is 4.98 Å². The van der Waals surface area contributed by atoms with Gasteiger partial charge in [0.1, 0.15) is 12.4 Å². The van der Waals surface area contributed by atoms with E-state index in [0.717, 1.165) is 38.2 Å². The van der Waals surface area contributed by atoms with Gasteiger partial charge in [0.15, 0.2) is 0 Å². The summed E-state index contributed by atoms with van der Waals surface area (Å²) in [6.45, 7) is 3.05. The van der Waals surface area contributed by atoms with E-state index in [-0.39, 0.29) is 6.09 Å². The van der Waals surface area contributed by atoms with Crippen molar-refractivity contribution in [3.8, 4) is 22.4 Å². The molecule has 5 heteroatoms. The van der Waals surface area contributed by atoms with E-state index >= 15 is 0 Å². The second kappa shape index (κ2) is 6.41. The van der Waals surface area contributed by atoms with E-state index in [0.29, 0.717) is 13.2 Å². The van der Waals surface area contributed by atoms with Crippen LogP contribution in [0.15, 0.2) is 59.1 Å². The standard InChI is InChI=1S/C20H17BrN2O2/c1-13-17(14-5-3-2-4-6-14)19(23-11-12-25-20(23)24)22-18(13)15-7-9-16(21)10-8-15/h2-10,22H,11-12H2,1H3. The van der Waals surface area contributed by atoms with Crippen molar-refractivity contribution in [2.24, 2.45) is 0 Å². The van der Waals surface area contributed by atoms with Crippen LogP contribution in [0.1, 0.15) is 5.56 Å². The lowest BCUT2D eigenvalue weighted by atomic mass is 10.0. The molecule has 0 unspecified atom stereocenters. The molecule has 4 rings (SSSR count). The first-order valence-electron chi connectivity index (χ1n) is 8.13. The van der Waals surface area contributed by atoms with Crippen LogP contribution >= 0.6 is 15.9 Å². The molecule has 2 aromatic carbocycles. The number of ether oxygens (including phenoxy) is 1. The summed E-state index contributed by atoms with van der Waals surface area (Å²) in [5, 5.41) is 0. The topological polar surface area (TPSA) is 45.3 Å². The molecule has 2 heterocycles. The van der Waals surface area contributed by atoms with Crippen molar-refractivity contribution in [3.63, 3.8) is 0 Å². The van der Waals surface area contributed by atoms with Gasteiger partial charge in [-0.1, -0.05) is 58.4 Å². The van der Waals surface area contributed by atoms with E-state index in [1.165, 1.54) is 0 Å². The summed E-state index contributed by atoms with van der Waals surface area (Å²) in [6, 6.07) is 18.3. The number of amides is 1. The third-order valence-corrected chi connectivity index (χ3v) is 4.98. The number of carbonyl (C=O) groups excluding carboxylic acids is 1. The quantitative estimate of drug-likeness (QED) is 0.645. The van der Waals surface area contributed by atoms with Crippen molar-refractivity contribution in [2.45, 2.75) is 6.92 Å². The second-order valence-corrected chi connectivity index (χ2v) is 6.90. The second-order valence-electron chi connectivity index (χ2n) is 5.99. The molecule has 4 nitrogen and oxygen atoms in total. The third-order valence-electron chi connectivity index (χ3n) is 4.46. The van der Waals surface area contributed by atoms with Gasteiger partial charge < -0.3 is 9.72 Å². The van der Waals surface area contributed by atoms with Gasteiger partial charge in [0, 0.05) is 10.0 Å². The first-order chi connectivity index (χ1) is 12.1. The number of nitrogens with zero attached hydrogens (tertiary/aromatic N) is 1. The summed E-state index contributed by atoms with van der Waals surface area (Å²) in [5.41, 5.74) is 5.33. The average Bonchev–Trinajstić information content (AvgIpc) is 3.19. The van der Waals surface area contributed by atoms with Gasteiger partial charge in [-0.25, -0.2) is 4.79 Å². The highest BCUT2D eigenvalue weighted by molar-refractivity contribution is 9.10. The number of hydrogen-bond donors (Lipinski definition) is 1. The maximum absolute atomic E-state index is 12.1. The number of halogens is 1. The first-order valence-corrected chi connectivity index (χ1v) is 8.92. The number of rotatable bonds is 3. The summed E-state index contributed by atoms with van der Waals surface area (Å²) >= 11 is 3.48. The van der Waals surface area contributed by atoms with Crippen molar-refractivity contribution in [3.05, 3.63) is 64.6 Å². The molecule has 1 aromatic heterocycles. The fourth-order valence-electron chi connectivity index (χ4n) is 3.24. The van der Waals surface area contributed by atoms with Crippen molar-refractivity contribution in [1.29, 1.82) is 0 Å². The van der Waals surface area contributed by atoms with Crippen LogP contribution in [-0.4, -0.2) is 24.2 Å². The predicted molar refractivity (Wildman–Crippen MR) is 103 cm³/mol. The van der Waals surface area contributed by atoms with E-state index in [1.54, 1.807) is 4.90 Å². The average molecular weight is 397 g/mol. The lowest BCUT2D eigenvalue weighted by Gasteiger charge is -2.14. The normalized spacial score (nSPS) is 14.0. The van der Waals surface area contributed by atoms with Gasteiger partial charge >= 0.3 is 6.09 Å². The van der Waals surface area contributed by atoms with E-state index < -0.39 is 0 Å². The van der Waals surface area contributed by atoms with Crippen LogP contribution in [0.3, 0.4) is 0 Å². The monoisotopic (exact) mass is 396 g/mol. The Labute approximate surface area is 154 Å². The minimum absolute atomic E-state index is 0.305. The molecule has 0 bridgehead atoms. The van der Waals surface area contributed by atoms with Crippen molar-refractivity contribution >= 4 is 27.8 Å². The molecule has 3 aromatic rings. The van der Waals surface area contributed by atoms with Crippen LogP contribution in [0.2, 0.25) is 0 Å². The molecule has 0 saturated carbocycles. The van der Waals surface area contributed by atoms with Crippen LogP contribution in [0.25, 0.3) is 22.4 Å². The van der Waals surface area contributed by atoms with Crippen LogP contribution in [0, 0.1) is 6.92 Å². The molecule has 0 atom stereocenters. The van der Waals surface area contributed by atoms with E-state index in [9.17, 15) is 4.79 Å². The molecular weight excluding hydrogens is 380 g/mol. The number of cyclic esters (lactones) is 1. The fraction of sp³-hybridized carbons (Fsp3) is 0.150. The summed E-state index contributed by atoms with van der Waals surface area (Å²) in [5.74, 6) is 0.795. The minimum atomic E-state index is -0.305. The lowest BCUT2D eigenvalue weighted by Crippen LogP contribution is -2.24. The van der Waals surface area contributed by atoms with Crippen LogP contribution in [0.4, 0.5) is 10.6 Å². The highest BCUT2D eigenvalue weighted by Gasteiger charge is 2.29. The summed E-state index contributed by atoms with van der Waals surface area (Å²) in [4.78, 5) is 17.3. The molecule has 1 aliphatic rings. The highest BCUT2D eigenvalue weighted by atomic mass is 79.9. The van der Waals surface area contributed by atoms with Gasteiger partial charge in [-0.3, -0.25) is 4.90 Å². The molecule has 25 heavy (non-hydrogen) atoms. The van der Waals surface area contributed by atoms with Crippen molar-refractivity contribution < 1.29 is 9.53 Å². The van der Waals surface area contributed by atoms with Gasteiger partial charge in [-0.2, -0.15) is 0 Å². The molecule has 0 aliphatic carbocycles. The molecule has 1 N–H and O–H groups in total. The summed E-state index contributed by atoms with van der Waals surface area (Å²) in [6.07, 6.45) is -0.305. The highest BCUT2D eigenvalue weighted by Crippen LogP contribution is 2.40. The Balaban J connectivity index is 1.91. The Bertz CT molecular complexity index is 917. The molecule has 1 saturated heterocycles. The molecular formula is C20H17BrN2O2. The molecule has 0 spiro atoms. The Morgan fingerprint density at radius 2 is 1.76 bits per heavy atom. The predicted octanol–water partition coefficient (Wildman–Crippen LogP) is 5.38. The van der Waals surface area contributed by atoms with Gasteiger partial charge in [0.2, 0.25) is 0 Å². The Morgan fingerprint density at radius 1 is 1.04 bits per heavy atom. The molecule has 1 fully saturated rings. The molecule has 0 radical (unpaired) electrons. The van der Waals surface area contributed by atoms with E-state index in [2.05, 4.69) is 52.1 Å². The number of aromatic nitrogens is 1. The van der Waals surface area contributed by atoms with Gasteiger partial charge in [-0.15, -0.1) is 0 Å². The smallest absolute Gasteiger partial charge is 0.415 e. The number of anilines is 1. The lowest BCUT2D eigenvalue weighted by molar-refractivity contribution is 0.181. The van der Waals surface area contributed by atoms with Crippen LogP contribution < -0.4 is 4.90 Å². The fourth-order valence-corrected chi connectivity index (χ4v) is 3.50. The molecule has 1 aliphatic heterocycles. The zero-order chi connectivity index (χ0) is 17.4. The van der Waals surface area contributed by atoms with Crippen LogP contribution in [-0.2, 0) is 4.74 Å². The zero-order valence-corrected chi connectivity index (χ0v) is 15.3. The van der Waals surface area contributed by atoms with Crippen molar-refractivity contribution in [2.75, 3.05) is 18.1 Å². The number of carbonyl (C=O) groups is 1. The SMILES string of the molecule is Cc1c(-c2ccc(Br)cc2)[nH]c(N2CCOC2=O)c1-c1ccccc1. The van der Waals surface area contributed by atoms with E-state index in [1.807, 2.05) is 30.3 Å². The number of aromatic amines is 1. The summed E-state index contributed by atoms with van der Waals surface area (Å²) < 4.78 is 6.18. The maximum atomic E-state index is 12.1. The molecule has 1 amide bonds. The maximum Gasteiger partial charge on any atom is 0.415 e. The van der Waals surface area contributed by atoms with Gasteiger partial charge in [-0.05, 0) is 35.7 Å². The Kier molecular flexibility index (Phi) is 4.09. The minimum Gasteiger partial charge on any atom is -0.447 e. The first kappa shape index (κ1) is 16.0. The largest absolute Gasteiger partial charge is 0.447 e. The molecule has 126 valence electrons. The van der Waals surface area contributed by atoms with Gasteiger partial charge in [0.05, 0.1) is 12.2 Å². The number of benzene rings is 2. The van der Waals surface area contributed by atoms with E-state index in [4.69, 9.17) is 4.74 Å².